The minimum atomic E-state index is -4.79. The normalized spacial score (nSPS) is 12.5. The van der Waals surface area contributed by atoms with E-state index in [9.17, 15) is 23.1 Å². The van der Waals surface area contributed by atoms with Gasteiger partial charge in [-0.05, 0) is 55.3 Å². The monoisotopic (exact) mass is 492 g/mol. The summed E-state index contributed by atoms with van der Waals surface area (Å²) in [6.45, 7) is 3.22. The average molecular weight is 493 g/mol. The Balaban J connectivity index is 1.96. The summed E-state index contributed by atoms with van der Waals surface area (Å²) in [6, 6.07) is 17.1. The van der Waals surface area contributed by atoms with Gasteiger partial charge in [0.1, 0.15) is 5.71 Å². The zero-order valence-corrected chi connectivity index (χ0v) is 19.2. The number of halogens is 4. The Labute approximate surface area is 197 Å². The largest absolute Gasteiger partial charge is 0.481 e. The van der Waals surface area contributed by atoms with Crippen molar-refractivity contribution in [2.24, 2.45) is 0 Å². The molecule has 0 atom stereocenters. The number of alkyl halides is 3. The molecule has 0 spiro atoms. The predicted molar refractivity (Wildman–Crippen MR) is 127 cm³/mol. The second-order valence-corrected chi connectivity index (χ2v) is 9.24. The Kier molecular flexibility index (Phi) is 7.00. The zero-order valence-electron chi connectivity index (χ0n) is 17.6. The number of thiophene rings is 1. The molecule has 2 aromatic carbocycles. The molecule has 0 aliphatic rings. The molecule has 1 aromatic heterocycles. The van der Waals surface area contributed by atoms with Crippen LogP contribution in [0.4, 0.5) is 18.9 Å². The van der Waals surface area contributed by atoms with E-state index in [0.29, 0.717) is 21.2 Å². The van der Waals surface area contributed by atoms with E-state index in [0.717, 1.165) is 16.5 Å². The SMILES string of the molecule is CC(C)(C(=O)O)c1ccc(-c2ccc(/C(=C/C(=N)C(F)(F)F)Nc3ccccc3Cl)s2)cc1. The van der Waals surface area contributed by atoms with Crippen molar-refractivity contribution in [1.29, 1.82) is 5.41 Å². The number of hydrogen-bond donors (Lipinski definition) is 3. The van der Waals surface area contributed by atoms with Crippen molar-refractivity contribution in [1.82, 2.24) is 0 Å². The van der Waals surface area contributed by atoms with E-state index in [2.05, 4.69) is 5.32 Å². The highest BCUT2D eigenvalue weighted by Gasteiger charge is 2.33. The van der Waals surface area contributed by atoms with Crippen molar-refractivity contribution in [3.8, 4) is 10.4 Å². The molecule has 0 saturated carbocycles. The van der Waals surface area contributed by atoms with E-state index in [-0.39, 0.29) is 5.70 Å². The Bertz CT molecular complexity index is 1210. The third-order valence-electron chi connectivity index (χ3n) is 5.03. The quantitative estimate of drug-likeness (QED) is 0.299. The fourth-order valence-corrected chi connectivity index (χ4v) is 4.08. The van der Waals surface area contributed by atoms with Crippen LogP contribution in [-0.4, -0.2) is 23.0 Å². The first-order valence-corrected chi connectivity index (χ1v) is 10.9. The van der Waals surface area contributed by atoms with Crippen molar-refractivity contribution in [2.75, 3.05) is 5.32 Å². The van der Waals surface area contributed by atoms with Crippen LogP contribution in [0.15, 0.2) is 66.7 Å². The highest BCUT2D eigenvalue weighted by molar-refractivity contribution is 7.16. The molecule has 3 aromatic rings. The standard InChI is InChI=1S/C24H20ClF3N2O2S/c1-23(2,22(31)32)15-9-7-14(8-10-15)19-11-12-20(33-19)18(13-21(29)24(26,27)28)30-17-6-4-3-5-16(17)25/h3-13,29-30H,1-2H3,(H,31,32)/b18-13-,29-21?. The molecule has 3 rings (SSSR count). The summed E-state index contributed by atoms with van der Waals surface area (Å²) in [5.74, 6) is -0.943. The lowest BCUT2D eigenvalue weighted by atomic mass is 9.84. The van der Waals surface area contributed by atoms with Gasteiger partial charge in [-0.3, -0.25) is 10.2 Å². The molecule has 0 aliphatic heterocycles. The molecule has 33 heavy (non-hydrogen) atoms. The van der Waals surface area contributed by atoms with E-state index in [1.165, 1.54) is 11.3 Å². The molecule has 0 unspecified atom stereocenters. The van der Waals surface area contributed by atoms with Crippen molar-refractivity contribution in [3.63, 3.8) is 0 Å². The topological polar surface area (TPSA) is 73.2 Å². The number of para-hydroxylation sites is 1. The molecule has 0 amide bonds. The number of anilines is 1. The Morgan fingerprint density at radius 3 is 2.27 bits per heavy atom. The maximum Gasteiger partial charge on any atom is 0.432 e. The first kappa shape index (κ1) is 24.5. The van der Waals surface area contributed by atoms with Crippen LogP contribution in [0.1, 0.15) is 24.3 Å². The van der Waals surface area contributed by atoms with Crippen molar-refractivity contribution in [2.45, 2.75) is 25.4 Å². The van der Waals surface area contributed by atoms with Gasteiger partial charge in [0, 0.05) is 4.88 Å². The molecule has 9 heteroatoms. The number of nitrogens with one attached hydrogen (secondary N) is 2. The lowest BCUT2D eigenvalue weighted by Gasteiger charge is -2.19. The number of carboxylic acids is 1. The zero-order chi connectivity index (χ0) is 24.4. The Morgan fingerprint density at radius 2 is 1.70 bits per heavy atom. The molecule has 172 valence electrons. The number of benzene rings is 2. The number of hydrogen-bond acceptors (Lipinski definition) is 4. The smallest absolute Gasteiger partial charge is 0.432 e. The second-order valence-electron chi connectivity index (χ2n) is 7.75. The second kappa shape index (κ2) is 9.41. The van der Waals surface area contributed by atoms with Crippen LogP contribution in [0.2, 0.25) is 5.02 Å². The van der Waals surface area contributed by atoms with Gasteiger partial charge in [0.25, 0.3) is 0 Å². The summed E-state index contributed by atoms with van der Waals surface area (Å²) < 4.78 is 39.1. The fraction of sp³-hybridized carbons (Fsp3) is 0.167. The summed E-state index contributed by atoms with van der Waals surface area (Å²) in [4.78, 5) is 12.7. The number of aliphatic carboxylic acids is 1. The molecular formula is C24H20ClF3N2O2S. The first-order valence-electron chi connectivity index (χ1n) is 9.73. The van der Waals surface area contributed by atoms with Crippen LogP contribution in [0.5, 0.6) is 0 Å². The first-order chi connectivity index (χ1) is 15.4. The summed E-state index contributed by atoms with van der Waals surface area (Å²) >= 11 is 7.39. The van der Waals surface area contributed by atoms with Gasteiger partial charge in [-0.25, -0.2) is 0 Å². The van der Waals surface area contributed by atoms with Crippen molar-refractivity contribution < 1.29 is 23.1 Å². The Morgan fingerprint density at radius 1 is 1.06 bits per heavy atom. The number of rotatable bonds is 7. The van der Waals surface area contributed by atoms with E-state index < -0.39 is 23.3 Å². The molecule has 0 saturated heterocycles. The molecule has 4 nitrogen and oxygen atoms in total. The minimum Gasteiger partial charge on any atom is -0.481 e. The van der Waals surface area contributed by atoms with E-state index >= 15 is 0 Å². The summed E-state index contributed by atoms with van der Waals surface area (Å²) in [7, 11) is 0. The van der Waals surface area contributed by atoms with Crippen LogP contribution in [0.3, 0.4) is 0 Å². The van der Waals surface area contributed by atoms with Crippen LogP contribution in [0, 0.1) is 5.41 Å². The van der Waals surface area contributed by atoms with Crippen molar-refractivity contribution >= 4 is 46.0 Å². The van der Waals surface area contributed by atoms with E-state index in [1.807, 2.05) is 0 Å². The van der Waals surface area contributed by atoms with Gasteiger partial charge in [0.2, 0.25) is 0 Å². The van der Waals surface area contributed by atoms with Gasteiger partial charge in [-0.15, -0.1) is 11.3 Å². The van der Waals surface area contributed by atoms with Gasteiger partial charge in [0.05, 0.1) is 26.7 Å². The highest BCUT2D eigenvalue weighted by Crippen LogP contribution is 2.35. The third-order valence-corrected chi connectivity index (χ3v) is 6.53. The molecular weight excluding hydrogens is 473 g/mol. The lowest BCUT2D eigenvalue weighted by molar-refractivity contribution is -0.142. The number of carbonyl (C=O) groups is 1. The van der Waals surface area contributed by atoms with E-state index in [1.54, 1.807) is 74.5 Å². The minimum absolute atomic E-state index is 0.0882. The molecule has 3 N–H and O–H groups in total. The van der Waals surface area contributed by atoms with E-state index in [4.69, 9.17) is 17.0 Å². The molecule has 0 bridgehead atoms. The van der Waals surface area contributed by atoms with Gasteiger partial charge in [-0.2, -0.15) is 13.2 Å². The summed E-state index contributed by atoms with van der Waals surface area (Å²) in [6.07, 6.45) is -4.06. The highest BCUT2D eigenvalue weighted by atomic mass is 35.5. The van der Waals surface area contributed by atoms with Gasteiger partial charge < -0.3 is 10.4 Å². The Hall–Kier alpha value is -3.10. The summed E-state index contributed by atoms with van der Waals surface area (Å²) in [5, 5.41) is 20.0. The van der Waals surface area contributed by atoms with Crippen LogP contribution < -0.4 is 5.32 Å². The predicted octanol–water partition coefficient (Wildman–Crippen LogP) is 7.47. The van der Waals surface area contributed by atoms with Crippen molar-refractivity contribution in [3.05, 3.63) is 82.2 Å². The van der Waals surface area contributed by atoms with Gasteiger partial charge in [-0.1, -0.05) is 48.0 Å². The molecule has 1 heterocycles. The van der Waals surface area contributed by atoms with Crippen LogP contribution >= 0.6 is 22.9 Å². The van der Waals surface area contributed by atoms with Crippen LogP contribution in [-0.2, 0) is 10.2 Å². The third kappa shape index (κ3) is 5.64. The molecule has 0 aliphatic carbocycles. The number of allylic oxidation sites excluding steroid dienone is 1. The summed E-state index contributed by atoms with van der Waals surface area (Å²) in [5.41, 5.74) is -0.617. The molecule has 0 fully saturated rings. The fourth-order valence-electron chi connectivity index (χ4n) is 2.92. The number of carboxylic acid groups (broad SMARTS) is 1. The van der Waals surface area contributed by atoms with Gasteiger partial charge in [0.15, 0.2) is 0 Å². The lowest BCUT2D eigenvalue weighted by Crippen LogP contribution is -2.28. The molecule has 0 radical (unpaired) electrons. The van der Waals surface area contributed by atoms with Crippen LogP contribution in [0.25, 0.3) is 16.1 Å². The average Bonchev–Trinajstić information content (AvgIpc) is 3.24. The maximum atomic E-state index is 13.0. The maximum absolute atomic E-state index is 13.0. The van der Waals surface area contributed by atoms with Gasteiger partial charge >= 0.3 is 12.1 Å².